The number of halogens is 2. The van der Waals surface area contributed by atoms with Gasteiger partial charge in [0.05, 0.1) is 12.6 Å². The van der Waals surface area contributed by atoms with Crippen LogP contribution in [-0.2, 0) is 4.74 Å². The zero-order valence-corrected chi connectivity index (χ0v) is 11.9. The highest BCUT2D eigenvalue weighted by Crippen LogP contribution is 2.25. The van der Waals surface area contributed by atoms with Crippen molar-refractivity contribution in [2.45, 2.75) is 0 Å². The second-order valence-electron chi connectivity index (χ2n) is 3.33. The van der Waals surface area contributed by atoms with Gasteiger partial charge in [0.15, 0.2) is 0 Å². The highest BCUT2D eigenvalue weighted by atomic mass is 79.9. The molecule has 0 aliphatic heterocycles. The number of carbonyl (C=O) groups excluding carboxylic acids is 1. The Morgan fingerprint density at radius 1 is 1.35 bits per heavy atom. The molecule has 17 heavy (non-hydrogen) atoms. The molecule has 4 nitrogen and oxygen atoms in total. The number of aromatic nitrogens is 1. The number of pyridine rings is 1. The lowest BCUT2D eigenvalue weighted by atomic mass is 10.1. The van der Waals surface area contributed by atoms with Crippen LogP contribution in [0.1, 0.15) is 10.4 Å². The van der Waals surface area contributed by atoms with Crippen molar-refractivity contribution >= 4 is 48.7 Å². The fourth-order valence-electron chi connectivity index (χ4n) is 1.52. The molecule has 0 radical (unpaired) electrons. The van der Waals surface area contributed by atoms with Gasteiger partial charge in [0.2, 0.25) is 5.43 Å². The molecule has 0 fully saturated rings. The van der Waals surface area contributed by atoms with Crippen molar-refractivity contribution in [2.24, 2.45) is 0 Å². The first-order chi connectivity index (χ1) is 8.04. The van der Waals surface area contributed by atoms with Crippen LogP contribution in [0.15, 0.2) is 32.1 Å². The normalized spacial score (nSPS) is 10.5. The minimum absolute atomic E-state index is 0.00926. The van der Waals surface area contributed by atoms with Crippen molar-refractivity contribution in [3.05, 3.63) is 43.1 Å². The van der Waals surface area contributed by atoms with Crippen molar-refractivity contribution in [2.75, 3.05) is 7.11 Å². The van der Waals surface area contributed by atoms with Gasteiger partial charge in [-0.25, -0.2) is 4.79 Å². The van der Waals surface area contributed by atoms with Crippen molar-refractivity contribution in [1.82, 2.24) is 4.98 Å². The topological polar surface area (TPSA) is 59.2 Å². The van der Waals surface area contributed by atoms with Crippen molar-refractivity contribution in [3.8, 4) is 0 Å². The van der Waals surface area contributed by atoms with E-state index >= 15 is 0 Å². The number of hydrogen-bond acceptors (Lipinski definition) is 3. The monoisotopic (exact) mass is 359 g/mol. The molecule has 0 atom stereocenters. The number of benzene rings is 1. The Morgan fingerprint density at radius 3 is 2.71 bits per heavy atom. The molecule has 1 aromatic heterocycles. The first-order valence-corrected chi connectivity index (χ1v) is 6.22. The molecule has 0 unspecified atom stereocenters. The van der Waals surface area contributed by atoms with Gasteiger partial charge in [-0.1, -0.05) is 15.9 Å². The summed E-state index contributed by atoms with van der Waals surface area (Å²) < 4.78 is 6.04. The summed E-state index contributed by atoms with van der Waals surface area (Å²) >= 11 is 6.64. The molecule has 0 amide bonds. The third-order valence-corrected chi connectivity index (χ3v) is 3.39. The van der Waals surface area contributed by atoms with Gasteiger partial charge in [-0.15, -0.1) is 0 Å². The number of aromatic amines is 1. The van der Waals surface area contributed by atoms with Crippen LogP contribution in [0, 0.1) is 0 Å². The Balaban J connectivity index is 2.85. The molecule has 2 rings (SSSR count). The van der Waals surface area contributed by atoms with Crippen molar-refractivity contribution in [1.29, 1.82) is 0 Å². The standard InChI is InChI=1S/C11H7Br2NO3/c1-17-11(16)7-4-14-9-6(10(7)15)2-5(12)3-8(9)13/h2-4H,1H3,(H,14,15). The number of esters is 1. The number of H-pyrrole nitrogens is 1. The number of methoxy groups -OCH3 is 1. The lowest BCUT2D eigenvalue weighted by Crippen LogP contribution is -2.17. The fraction of sp³-hybridized carbons (Fsp3) is 0.0909. The van der Waals surface area contributed by atoms with E-state index in [2.05, 4.69) is 41.6 Å². The van der Waals surface area contributed by atoms with Crippen LogP contribution in [0.4, 0.5) is 0 Å². The quantitative estimate of drug-likeness (QED) is 0.795. The van der Waals surface area contributed by atoms with Crippen LogP contribution in [0.3, 0.4) is 0 Å². The maximum atomic E-state index is 12.1. The predicted molar refractivity (Wildman–Crippen MR) is 71.3 cm³/mol. The minimum Gasteiger partial charge on any atom is -0.465 e. The number of hydrogen-bond donors (Lipinski definition) is 1. The number of nitrogens with one attached hydrogen (secondary N) is 1. The summed E-state index contributed by atoms with van der Waals surface area (Å²) in [5.41, 5.74) is 0.281. The maximum absolute atomic E-state index is 12.1. The Bertz CT molecular complexity index is 664. The molecule has 1 heterocycles. The Morgan fingerprint density at radius 2 is 2.06 bits per heavy atom. The SMILES string of the molecule is COC(=O)c1c[nH]c2c(Br)cc(Br)cc2c1=O. The first kappa shape index (κ1) is 12.3. The van der Waals surface area contributed by atoms with E-state index in [4.69, 9.17) is 0 Å². The molecule has 88 valence electrons. The highest BCUT2D eigenvalue weighted by molar-refractivity contribution is 9.11. The molecular formula is C11H7Br2NO3. The summed E-state index contributed by atoms with van der Waals surface area (Å²) in [4.78, 5) is 26.4. The summed E-state index contributed by atoms with van der Waals surface area (Å²) in [7, 11) is 1.24. The molecule has 1 aromatic carbocycles. The Hall–Kier alpha value is -1.14. The molecule has 0 saturated carbocycles. The van der Waals surface area contributed by atoms with Gasteiger partial charge in [-0.05, 0) is 28.1 Å². The summed E-state index contributed by atoms with van der Waals surface area (Å²) in [6.07, 6.45) is 1.36. The second kappa shape index (κ2) is 4.62. The third kappa shape index (κ3) is 2.14. The van der Waals surface area contributed by atoms with E-state index in [1.54, 1.807) is 6.07 Å². The smallest absolute Gasteiger partial charge is 0.343 e. The molecule has 6 heteroatoms. The number of carbonyl (C=O) groups is 1. The lowest BCUT2D eigenvalue weighted by Gasteiger charge is -2.04. The van der Waals surface area contributed by atoms with Crippen LogP contribution in [0.5, 0.6) is 0 Å². The van der Waals surface area contributed by atoms with Gasteiger partial charge in [0, 0.05) is 20.5 Å². The van der Waals surface area contributed by atoms with E-state index < -0.39 is 5.97 Å². The molecule has 0 bridgehead atoms. The fourth-order valence-corrected chi connectivity index (χ4v) is 2.86. The number of ether oxygens (including phenoxy) is 1. The molecule has 2 aromatic rings. The molecule has 1 N–H and O–H groups in total. The van der Waals surface area contributed by atoms with E-state index in [-0.39, 0.29) is 11.0 Å². The van der Waals surface area contributed by atoms with Gasteiger partial charge < -0.3 is 9.72 Å². The summed E-state index contributed by atoms with van der Waals surface area (Å²) in [5, 5.41) is 0.425. The lowest BCUT2D eigenvalue weighted by molar-refractivity contribution is 0.0599. The van der Waals surface area contributed by atoms with Crippen molar-refractivity contribution in [3.63, 3.8) is 0 Å². The first-order valence-electron chi connectivity index (χ1n) is 4.63. The van der Waals surface area contributed by atoms with E-state index in [1.165, 1.54) is 13.3 Å². The minimum atomic E-state index is -0.649. The largest absolute Gasteiger partial charge is 0.465 e. The Kier molecular flexibility index (Phi) is 3.35. The van der Waals surface area contributed by atoms with Crippen LogP contribution in [-0.4, -0.2) is 18.1 Å². The van der Waals surface area contributed by atoms with Crippen LogP contribution in [0.25, 0.3) is 10.9 Å². The molecule has 0 aliphatic rings. The molecular weight excluding hydrogens is 354 g/mol. The van der Waals surface area contributed by atoms with Gasteiger partial charge in [0.25, 0.3) is 0 Å². The van der Waals surface area contributed by atoms with E-state index in [1.807, 2.05) is 6.07 Å². The van der Waals surface area contributed by atoms with Gasteiger partial charge in [-0.2, -0.15) is 0 Å². The molecule has 0 aliphatic carbocycles. The van der Waals surface area contributed by atoms with Crippen LogP contribution in [0.2, 0.25) is 0 Å². The van der Waals surface area contributed by atoms with Crippen molar-refractivity contribution < 1.29 is 9.53 Å². The Labute approximate surface area is 113 Å². The number of rotatable bonds is 1. The number of fused-ring (bicyclic) bond motifs is 1. The third-order valence-electron chi connectivity index (χ3n) is 2.31. The molecule has 0 spiro atoms. The average Bonchev–Trinajstić information content (AvgIpc) is 2.29. The van der Waals surface area contributed by atoms with E-state index in [0.717, 1.165) is 8.95 Å². The van der Waals surface area contributed by atoms with Gasteiger partial charge >= 0.3 is 5.97 Å². The second-order valence-corrected chi connectivity index (χ2v) is 5.10. The van der Waals surface area contributed by atoms with Crippen LogP contribution < -0.4 is 5.43 Å². The van der Waals surface area contributed by atoms with E-state index in [0.29, 0.717) is 10.9 Å². The summed E-state index contributed by atoms with van der Waals surface area (Å²) in [6, 6.07) is 3.47. The zero-order chi connectivity index (χ0) is 12.6. The molecule has 0 saturated heterocycles. The van der Waals surface area contributed by atoms with E-state index in [9.17, 15) is 9.59 Å². The van der Waals surface area contributed by atoms with Gasteiger partial charge in [-0.3, -0.25) is 4.79 Å². The van der Waals surface area contributed by atoms with Crippen LogP contribution >= 0.6 is 31.9 Å². The highest BCUT2D eigenvalue weighted by Gasteiger charge is 2.14. The van der Waals surface area contributed by atoms with Gasteiger partial charge in [0.1, 0.15) is 5.56 Å². The predicted octanol–water partition coefficient (Wildman–Crippen LogP) is 2.84. The zero-order valence-electron chi connectivity index (χ0n) is 8.71. The average molecular weight is 361 g/mol. The summed E-state index contributed by atoms with van der Waals surface area (Å²) in [6.45, 7) is 0. The maximum Gasteiger partial charge on any atom is 0.343 e. The summed E-state index contributed by atoms with van der Waals surface area (Å²) in [5.74, 6) is -0.649.